The van der Waals surface area contributed by atoms with Gasteiger partial charge in [0.05, 0.1) is 24.5 Å². The smallest absolute Gasteiger partial charge is 0.238 e. The minimum Gasteiger partial charge on any atom is -0.395 e. The first-order valence-electron chi connectivity index (χ1n) is 6.25. The summed E-state index contributed by atoms with van der Waals surface area (Å²) in [7, 11) is 1.82. The highest BCUT2D eigenvalue weighted by atomic mass is 16.3. The Balaban J connectivity index is 1.91. The summed E-state index contributed by atoms with van der Waals surface area (Å²) >= 11 is 0. The van der Waals surface area contributed by atoms with Gasteiger partial charge < -0.3 is 10.4 Å². The van der Waals surface area contributed by atoms with Crippen LogP contribution in [0.15, 0.2) is 6.20 Å². The van der Waals surface area contributed by atoms with Crippen molar-refractivity contribution >= 4 is 11.6 Å². The van der Waals surface area contributed by atoms with Crippen LogP contribution in [0.2, 0.25) is 0 Å². The molecule has 1 aliphatic rings. The number of carbonyl (C=O) groups is 1. The molecule has 0 aliphatic carbocycles. The molecule has 1 atom stereocenters. The van der Waals surface area contributed by atoms with Crippen molar-refractivity contribution in [2.75, 3.05) is 25.0 Å². The van der Waals surface area contributed by atoms with Gasteiger partial charge in [-0.15, -0.1) is 0 Å². The number of amides is 1. The van der Waals surface area contributed by atoms with Gasteiger partial charge in [0, 0.05) is 19.3 Å². The topological polar surface area (TPSA) is 70.4 Å². The second kappa shape index (κ2) is 5.49. The minimum atomic E-state index is -0.0496. The minimum absolute atomic E-state index is 0.0496. The molecule has 1 fully saturated rings. The standard InChI is InChI=1S/C12H20N4O2/c1-9-11(6-15(2)14-9)13-12(18)7-16-5-3-4-10(16)8-17/h6,10,17H,3-5,7-8H2,1-2H3,(H,13,18)/t10-/m0/s1. The predicted molar refractivity (Wildman–Crippen MR) is 68.3 cm³/mol. The van der Waals surface area contributed by atoms with Crippen molar-refractivity contribution in [2.24, 2.45) is 7.05 Å². The maximum absolute atomic E-state index is 11.9. The third-order valence-electron chi connectivity index (χ3n) is 3.34. The van der Waals surface area contributed by atoms with E-state index < -0.39 is 0 Å². The molecule has 1 aromatic rings. The van der Waals surface area contributed by atoms with Crippen LogP contribution < -0.4 is 5.32 Å². The van der Waals surface area contributed by atoms with Crippen molar-refractivity contribution in [1.82, 2.24) is 14.7 Å². The van der Waals surface area contributed by atoms with Gasteiger partial charge in [-0.05, 0) is 26.3 Å². The van der Waals surface area contributed by atoms with Crippen LogP contribution in [0.4, 0.5) is 5.69 Å². The van der Waals surface area contributed by atoms with Crippen LogP contribution >= 0.6 is 0 Å². The van der Waals surface area contributed by atoms with Gasteiger partial charge in [-0.25, -0.2) is 0 Å². The van der Waals surface area contributed by atoms with E-state index in [2.05, 4.69) is 10.4 Å². The summed E-state index contributed by atoms with van der Waals surface area (Å²) in [6.45, 7) is 3.20. The zero-order valence-electron chi connectivity index (χ0n) is 10.9. The van der Waals surface area contributed by atoms with Crippen LogP contribution in [0.5, 0.6) is 0 Å². The van der Waals surface area contributed by atoms with Crippen LogP contribution in [-0.2, 0) is 11.8 Å². The summed E-state index contributed by atoms with van der Waals surface area (Å²) < 4.78 is 1.68. The average molecular weight is 252 g/mol. The maximum atomic E-state index is 11.9. The number of carbonyl (C=O) groups excluding carboxylic acids is 1. The van der Waals surface area contributed by atoms with Crippen LogP contribution in [0.1, 0.15) is 18.5 Å². The Morgan fingerprint density at radius 2 is 2.44 bits per heavy atom. The number of aliphatic hydroxyl groups is 1. The second-order valence-electron chi connectivity index (χ2n) is 4.80. The Bertz CT molecular complexity index is 430. The third kappa shape index (κ3) is 2.88. The monoisotopic (exact) mass is 252 g/mol. The van der Waals surface area contributed by atoms with E-state index in [9.17, 15) is 9.90 Å². The Morgan fingerprint density at radius 3 is 3.06 bits per heavy atom. The summed E-state index contributed by atoms with van der Waals surface area (Å²) in [5.41, 5.74) is 1.56. The molecule has 0 saturated carbocycles. The predicted octanol–water partition coefficient (Wildman–Crippen LogP) is 0.124. The first kappa shape index (κ1) is 13.0. The summed E-state index contributed by atoms with van der Waals surface area (Å²) in [5, 5.41) is 16.2. The van der Waals surface area contributed by atoms with E-state index in [0.29, 0.717) is 6.54 Å². The van der Waals surface area contributed by atoms with E-state index in [1.54, 1.807) is 10.9 Å². The van der Waals surface area contributed by atoms with E-state index in [4.69, 9.17) is 0 Å². The third-order valence-corrected chi connectivity index (χ3v) is 3.34. The molecule has 1 amide bonds. The summed E-state index contributed by atoms with van der Waals surface area (Å²) in [4.78, 5) is 13.9. The summed E-state index contributed by atoms with van der Waals surface area (Å²) in [6, 6.07) is 0.130. The molecule has 1 aromatic heterocycles. The number of nitrogens with one attached hydrogen (secondary N) is 1. The number of likely N-dealkylation sites (tertiary alicyclic amines) is 1. The molecule has 0 unspecified atom stereocenters. The fourth-order valence-electron chi connectivity index (χ4n) is 2.41. The second-order valence-corrected chi connectivity index (χ2v) is 4.80. The molecule has 100 valence electrons. The molecule has 0 radical (unpaired) electrons. The van der Waals surface area contributed by atoms with Crippen molar-refractivity contribution in [2.45, 2.75) is 25.8 Å². The van der Waals surface area contributed by atoms with E-state index in [-0.39, 0.29) is 18.6 Å². The van der Waals surface area contributed by atoms with Crippen molar-refractivity contribution in [3.63, 3.8) is 0 Å². The highest BCUT2D eigenvalue weighted by Gasteiger charge is 2.25. The first-order valence-corrected chi connectivity index (χ1v) is 6.25. The molecule has 1 aliphatic heterocycles. The van der Waals surface area contributed by atoms with Gasteiger partial charge in [-0.1, -0.05) is 0 Å². The molecular weight excluding hydrogens is 232 g/mol. The van der Waals surface area contributed by atoms with Gasteiger partial charge in [0.25, 0.3) is 0 Å². The average Bonchev–Trinajstić information content (AvgIpc) is 2.86. The molecular formula is C12H20N4O2. The highest BCUT2D eigenvalue weighted by molar-refractivity contribution is 5.92. The van der Waals surface area contributed by atoms with Crippen LogP contribution in [0.25, 0.3) is 0 Å². The van der Waals surface area contributed by atoms with Gasteiger partial charge in [0.2, 0.25) is 5.91 Å². The van der Waals surface area contributed by atoms with Crippen LogP contribution in [-0.4, -0.2) is 51.4 Å². The number of rotatable bonds is 4. The zero-order chi connectivity index (χ0) is 13.1. The van der Waals surface area contributed by atoms with Gasteiger partial charge in [-0.3, -0.25) is 14.4 Å². The lowest BCUT2D eigenvalue weighted by Gasteiger charge is -2.21. The zero-order valence-corrected chi connectivity index (χ0v) is 10.9. The quantitative estimate of drug-likeness (QED) is 0.799. The Kier molecular flexibility index (Phi) is 3.98. The summed E-state index contributed by atoms with van der Waals surface area (Å²) in [5.74, 6) is -0.0496. The van der Waals surface area contributed by atoms with E-state index >= 15 is 0 Å². The van der Waals surface area contributed by atoms with Gasteiger partial charge in [-0.2, -0.15) is 5.10 Å². The van der Waals surface area contributed by atoms with Gasteiger partial charge in [0.1, 0.15) is 0 Å². The first-order chi connectivity index (χ1) is 8.60. The van der Waals surface area contributed by atoms with E-state index in [0.717, 1.165) is 30.8 Å². The lowest BCUT2D eigenvalue weighted by Crippen LogP contribution is -2.38. The molecule has 1 saturated heterocycles. The lowest BCUT2D eigenvalue weighted by atomic mass is 10.2. The Morgan fingerprint density at radius 1 is 1.67 bits per heavy atom. The van der Waals surface area contributed by atoms with E-state index in [1.807, 2.05) is 18.9 Å². The normalized spacial score (nSPS) is 20.3. The SMILES string of the molecule is Cc1nn(C)cc1NC(=O)CN1CCC[C@H]1CO. The molecule has 0 spiro atoms. The van der Waals surface area contributed by atoms with Crippen molar-refractivity contribution in [3.8, 4) is 0 Å². The molecule has 18 heavy (non-hydrogen) atoms. The number of hydrogen-bond donors (Lipinski definition) is 2. The molecule has 0 aromatic carbocycles. The maximum Gasteiger partial charge on any atom is 0.238 e. The number of aliphatic hydroxyl groups excluding tert-OH is 1. The number of anilines is 1. The van der Waals surface area contributed by atoms with Crippen LogP contribution in [0.3, 0.4) is 0 Å². The number of nitrogens with zero attached hydrogens (tertiary/aromatic N) is 3. The largest absolute Gasteiger partial charge is 0.395 e. The molecule has 0 bridgehead atoms. The lowest BCUT2D eigenvalue weighted by molar-refractivity contribution is -0.117. The molecule has 2 N–H and O–H groups in total. The molecule has 2 rings (SSSR count). The van der Waals surface area contributed by atoms with Crippen molar-refractivity contribution < 1.29 is 9.90 Å². The molecule has 6 nitrogen and oxygen atoms in total. The number of aryl methyl sites for hydroxylation is 2. The highest BCUT2D eigenvalue weighted by Crippen LogP contribution is 2.17. The fraction of sp³-hybridized carbons (Fsp3) is 0.667. The molecule has 2 heterocycles. The van der Waals surface area contributed by atoms with Crippen LogP contribution in [0, 0.1) is 6.92 Å². The number of hydrogen-bond acceptors (Lipinski definition) is 4. The van der Waals surface area contributed by atoms with E-state index in [1.165, 1.54) is 0 Å². The number of aromatic nitrogens is 2. The van der Waals surface area contributed by atoms with Crippen molar-refractivity contribution in [3.05, 3.63) is 11.9 Å². The Labute approximate surface area is 107 Å². The summed E-state index contributed by atoms with van der Waals surface area (Å²) in [6.07, 6.45) is 3.81. The Hall–Kier alpha value is -1.40. The molecule has 6 heteroatoms. The van der Waals surface area contributed by atoms with Crippen molar-refractivity contribution in [1.29, 1.82) is 0 Å². The fourth-order valence-corrected chi connectivity index (χ4v) is 2.41. The van der Waals surface area contributed by atoms with Gasteiger partial charge in [0.15, 0.2) is 0 Å². The van der Waals surface area contributed by atoms with Gasteiger partial charge >= 0.3 is 0 Å².